The molecule has 0 aliphatic heterocycles. The predicted octanol–water partition coefficient (Wildman–Crippen LogP) is 2.94. The van der Waals surface area contributed by atoms with Crippen molar-refractivity contribution in [3.8, 4) is 0 Å². The molecule has 96 valence electrons. The van der Waals surface area contributed by atoms with E-state index in [9.17, 15) is 0 Å². The van der Waals surface area contributed by atoms with E-state index in [0.29, 0.717) is 0 Å². The molecule has 0 fully saturated rings. The summed E-state index contributed by atoms with van der Waals surface area (Å²) in [6.45, 7) is 0.859. The molecule has 2 rings (SSSR count). The maximum atomic E-state index is 4.52. The minimum atomic E-state index is 0.786. The summed E-state index contributed by atoms with van der Waals surface area (Å²) in [7, 11) is 3.92. The van der Waals surface area contributed by atoms with E-state index in [1.807, 2.05) is 26.4 Å². The molecule has 0 radical (unpaired) electrons. The van der Waals surface area contributed by atoms with E-state index in [4.69, 9.17) is 0 Å². The van der Waals surface area contributed by atoms with E-state index < -0.39 is 0 Å². The van der Waals surface area contributed by atoms with Crippen molar-refractivity contribution in [2.24, 2.45) is 0 Å². The van der Waals surface area contributed by atoms with Crippen molar-refractivity contribution in [3.63, 3.8) is 0 Å². The fraction of sp³-hybridized carbons (Fsp3) is 0.333. The molecule has 0 unspecified atom stereocenters. The van der Waals surface area contributed by atoms with Gasteiger partial charge in [-0.1, -0.05) is 11.8 Å². The molecule has 0 aliphatic carbocycles. The van der Waals surface area contributed by atoms with E-state index in [-0.39, 0.29) is 0 Å². The van der Waals surface area contributed by atoms with Gasteiger partial charge in [-0.15, -0.1) is 0 Å². The van der Waals surface area contributed by atoms with Gasteiger partial charge in [-0.25, -0.2) is 9.97 Å². The Morgan fingerprint density at radius 2 is 2.28 bits per heavy atom. The lowest BCUT2D eigenvalue weighted by atomic mass is 10.3. The number of anilines is 2. The van der Waals surface area contributed by atoms with Crippen LogP contribution in [-0.2, 0) is 6.54 Å². The Morgan fingerprint density at radius 3 is 2.89 bits per heavy atom. The number of hydrogen-bond donors (Lipinski definition) is 1. The normalized spacial score (nSPS) is 10.4. The summed E-state index contributed by atoms with van der Waals surface area (Å²) in [4.78, 5) is 11.0. The SMILES string of the molecule is CNc1cc(N(C)Cc2ccsc2)nc(SC)n1. The fourth-order valence-corrected chi connectivity index (χ4v) is 2.60. The number of thioether (sulfide) groups is 1. The summed E-state index contributed by atoms with van der Waals surface area (Å²) >= 11 is 3.27. The Morgan fingerprint density at radius 1 is 1.44 bits per heavy atom. The van der Waals surface area contributed by atoms with Gasteiger partial charge in [0.05, 0.1) is 0 Å². The van der Waals surface area contributed by atoms with Gasteiger partial charge in [-0.3, -0.25) is 0 Å². The lowest BCUT2D eigenvalue weighted by Crippen LogP contribution is -2.18. The van der Waals surface area contributed by atoms with Crippen molar-refractivity contribution in [3.05, 3.63) is 28.5 Å². The molecule has 0 aliphatic rings. The largest absolute Gasteiger partial charge is 0.373 e. The summed E-state index contributed by atoms with van der Waals surface area (Å²) in [5, 5.41) is 8.10. The fourth-order valence-electron chi connectivity index (χ4n) is 1.57. The van der Waals surface area contributed by atoms with E-state index >= 15 is 0 Å². The van der Waals surface area contributed by atoms with E-state index in [0.717, 1.165) is 23.3 Å². The number of nitrogens with zero attached hydrogens (tertiary/aromatic N) is 3. The first kappa shape index (κ1) is 13.2. The van der Waals surface area contributed by atoms with Crippen molar-refractivity contribution >= 4 is 34.7 Å². The number of nitrogens with one attached hydrogen (secondary N) is 1. The second kappa shape index (κ2) is 6.06. The summed E-state index contributed by atoms with van der Waals surface area (Å²) in [5.41, 5.74) is 1.30. The Bertz CT molecular complexity index is 477. The van der Waals surface area contributed by atoms with Gasteiger partial charge in [0.25, 0.3) is 0 Å². The Labute approximate surface area is 115 Å². The van der Waals surface area contributed by atoms with Crippen LogP contribution in [0.25, 0.3) is 0 Å². The van der Waals surface area contributed by atoms with Crippen LogP contribution in [-0.4, -0.2) is 30.3 Å². The highest BCUT2D eigenvalue weighted by Crippen LogP contribution is 2.21. The zero-order valence-corrected chi connectivity index (χ0v) is 12.3. The molecule has 6 heteroatoms. The maximum absolute atomic E-state index is 4.52. The van der Waals surface area contributed by atoms with Crippen LogP contribution in [0.2, 0.25) is 0 Å². The molecule has 0 saturated heterocycles. The van der Waals surface area contributed by atoms with Crippen LogP contribution in [0.1, 0.15) is 5.56 Å². The van der Waals surface area contributed by atoms with E-state index in [1.54, 1.807) is 23.1 Å². The van der Waals surface area contributed by atoms with Gasteiger partial charge in [0.2, 0.25) is 0 Å². The molecule has 2 aromatic heterocycles. The third-order valence-corrected chi connectivity index (χ3v) is 3.80. The average molecular weight is 280 g/mol. The molecule has 0 amide bonds. The zero-order valence-electron chi connectivity index (χ0n) is 10.7. The molecular weight excluding hydrogens is 264 g/mol. The number of rotatable bonds is 5. The minimum Gasteiger partial charge on any atom is -0.373 e. The van der Waals surface area contributed by atoms with Gasteiger partial charge < -0.3 is 10.2 Å². The number of aromatic nitrogens is 2. The van der Waals surface area contributed by atoms with Gasteiger partial charge in [0.15, 0.2) is 5.16 Å². The van der Waals surface area contributed by atoms with Crippen molar-refractivity contribution in [1.29, 1.82) is 0 Å². The quantitative estimate of drug-likeness (QED) is 0.673. The Balaban J connectivity index is 2.20. The van der Waals surface area contributed by atoms with Gasteiger partial charge in [0, 0.05) is 26.7 Å². The van der Waals surface area contributed by atoms with Gasteiger partial charge in [0.1, 0.15) is 11.6 Å². The first-order valence-electron chi connectivity index (χ1n) is 5.56. The minimum absolute atomic E-state index is 0.786. The standard InChI is InChI=1S/C12H16N4S2/c1-13-10-6-11(15-12(14-10)17-3)16(2)7-9-4-5-18-8-9/h4-6,8H,7H2,1-3H3,(H,13,14,15). The van der Waals surface area contributed by atoms with Gasteiger partial charge in [-0.2, -0.15) is 11.3 Å². The molecule has 0 saturated carbocycles. The number of hydrogen-bond acceptors (Lipinski definition) is 6. The predicted molar refractivity (Wildman–Crippen MR) is 79.8 cm³/mol. The third-order valence-electron chi connectivity index (χ3n) is 2.52. The van der Waals surface area contributed by atoms with E-state index in [1.165, 1.54) is 5.56 Å². The summed E-state index contributed by atoms with van der Waals surface area (Å²) in [5.74, 6) is 1.78. The van der Waals surface area contributed by atoms with Crippen LogP contribution in [0.3, 0.4) is 0 Å². The highest BCUT2D eigenvalue weighted by Gasteiger charge is 2.08. The van der Waals surface area contributed by atoms with Crippen molar-refractivity contribution in [2.45, 2.75) is 11.7 Å². The van der Waals surface area contributed by atoms with Crippen LogP contribution in [0.15, 0.2) is 28.0 Å². The summed E-state index contributed by atoms with van der Waals surface area (Å²) < 4.78 is 0. The molecule has 2 heterocycles. The molecule has 1 N–H and O–H groups in total. The second-order valence-corrected chi connectivity index (χ2v) is 5.39. The first-order valence-corrected chi connectivity index (χ1v) is 7.72. The van der Waals surface area contributed by atoms with Crippen LogP contribution >= 0.6 is 23.1 Å². The molecule has 0 atom stereocenters. The molecular formula is C12H16N4S2. The van der Waals surface area contributed by atoms with Gasteiger partial charge >= 0.3 is 0 Å². The highest BCUT2D eigenvalue weighted by atomic mass is 32.2. The first-order chi connectivity index (χ1) is 8.72. The second-order valence-electron chi connectivity index (χ2n) is 3.84. The molecule has 0 bridgehead atoms. The van der Waals surface area contributed by atoms with Crippen LogP contribution in [0, 0.1) is 0 Å². The maximum Gasteiger partial charge on any atom is 0.191 e. The van der Waals surface area contributed by atoms with Gasteiger partial charge in [-0.05, 0) is 28.6 Å². The number of thiophene rings is 1. The molecule has 0 aromatic carbocycles. The molecule has 0 spiro atoms. The summed E-state index contributed by atoms with van der Waals surface area (Å²) in [6, 6.07) is 4.10. The van der Waals surface area contributed by atoms with Crippen LogP contribution < -0.4 is 10.2 Å². The van der Waals surface area contributed by atoms with Crippen molar-refractivity contribution < 1.29 is 0 Å². The lowest BCUT2D eigenvalue weighted by molar-refractivity contribution is 0.860. The Kier molecular flexibility index (Phi) is 4.43. The van der Waals surface area contributed by atoms with E-state index in [2.05, 4.69) is 37.0 Å². The summed E-state index contributed by atoms with van der Waals surface area (Å²) in [6.07, 6.45) is 1.98. The average Bonchev–Trinajstić information content (AvgIpc) is 2.90. The van der Waals surface area contributed by atoms with Crippen molar-refractivity contribution in [2.75, 3.05) is 30.6 Å². The lowest BCUT2D eigenvalue weighted by Gasteiger charge is -2.18. The van der Waals surface area contributed by atoms with Crippen LogP contribution in [0.5, 0.6) is 0 Å². The molecule has 18 heavy (non-hydrogen) atoms. The Hall–Kier alpha value is -1.27. The monoisotopic (exact) mass is 280 g/mol. The zero-order chi connectivity index (χ0) is 13.0. The van der Waals surface area contributed by atoms with Crippen LogP contribution in [0.4, 0.5) is 11.6 Å². The highest BCUT2D eigenvalue weighted by molar-refractivity contribution is 7.98. The topological polar surface area (TPSA) is 41.0 Å². The smallest absolute Gasteiger partial charge is 0.191 e. The van der Waals surface area contributed by atoms with Crippen molar-refractivity contribution in [1.82, 2.24) is 9.97 Å². The molecule has 2 aromatic rings. The molecule has 4 nitrogen and oxygen atoms in total. The third kappa shape index (κ3) is 3.14.